The predicted octanol–water partition coefficient (Wildman–Crippen LogP) is 4.99. The van der Waals surface area contributed by atoms with E-state index in [0.29, 0.717) is 44.9 Å². The summed E-state index contributed by atoms with van der Waals surface area (Å²) in [6.45, 7) is 6.75. The lowest BCUT2D eigenvalue weighted by molar-refractivity contribution is -0.128. The molecule has 1 aliphatic carbocycles. The first kappa shape index (κ1) is 32.4. The van der Waals surface area contributed by atoms with Crippen LogP contribution < -0.4 is 14.5 Å². The molecule has 2 aromatic carbocycles. The molecule has 48 heavy (non-hydrogen) atoms. The third-order valence-corrected chi connectivity index (χ3v) is 11.1. The molecule has 0 bridgehead atoms. The number of carbonyl (C=O) groups is 1. The van der Waals surface area contributed by atoms with E-state index in [4.69, 9.17) is 19.4 Å². The van der Waals surface area contributed by atoms with Crippen molar-refractivity contribution < 1.29 is 14.3 Å². The Morgan fingerprint density at radius 1 is 1.08 bits per heavy atom. The minimum Gasteiger partial charge on any atom is -0.462 e. The van der Waals surface area contributed by atoms with Gasteiger partial charge in [-0.2, -0.15) is 15.2 Å². The van der Waals surface area contributed by atoms with E-state index in [1.807, 2.05) is 4.90 Å². The van der Waals surface area contributed by atoms with E-state index >= 15 is 0 Å². The summed E-state index contributed by atoms with van der Waals surface area (Å²) in [7, 11) is 3.77. The van der Waals surface area contributed by atoms with Gasteiger partial charge in [0.25, 0.3) is 0 Å². The minimum atomic E-state index is -0.248. The molecule has 10 nitrogen and oxygen atoms in total. The second-order valence-corrected chi connectivity index (χ2v) is 13.8. The van der Waals surface area contributed by atoms with Crippen LogP contribution >= 0.6 is 0 Å². The summed E-state index contributed by atoms with van der Waals surface area (Å²) in [4.78, 5) is 32.7. The van der Waals surface area contributed by atoms with Gasteiger partial charge in [0.1, 0.15) is 12.4 Å². The van der Waals surface area contributed by atoms with Crippen molar-refractivity contribution in [3.05, 3.63) is 65.4 Å². The maximum absolute atomic E-state index is 13.1. The third kappa shape index (κ3) is 5.88. The van der Waals surface area contributed by atoms with E-state index in [9.17, 15) is 10.1 Å². The fourth-order valence-corrected chi connectivity index (χ4v) is 8.38. The Hall–Kier alpha value is -4.20. The van der Waals surface area contributed by atoms with Gasteiger partial charge in [0, 0.05) is 62.0 Å². The van der Waals surface area contributed by atoms with Crippen molar-refractivity contribution in [2.24, 2.45) is 0 Å². The van der Waals surface area contributed by atoms with Crippen LogP contribution in [0.1, 0.15) is 55.3 Å². The molecule has 1 spiro atoms. The molecule has 7 rings (SSSR count). The Labute approximate surface area is 283 Å². The molecule has 10 heteroatoms. The second-order valence-electron chi connectivity index (χ2n) is 13.8. The summed E-state index contributed by atoms with van der Waals surface area (Å²) in [5.74, 6) is 0.815. The van der Waals surface area contributed by atoms with Crippen LogP contribution in [0.2, 0.25) is 0 Å². The molecule has 4 aliphatic rings. The summed E-state index contributed by atoms with van der Waals surface area (Å²) in [5.41, 5.74) is 4.59. The molecule has 1 aromatic heterocycles. The maximum atomic E-state index is 13.1. The van der Waals surface area contributed by atoms with Gasteiger partial charge in [-0.25, -0.2) is 0 Å². The Morgan fingerprint density at radius 3 is 2.65 bits per heavy atom. The molecule has 252 valence electrons. The number of nitriles is 1. The summed E-state index contributed by atoms with van der Waals surface area (Å²) >= 11 is 0. The molecular formula is C38H47N7O3. The zero-order valence-corrected chi connectivity index (χ0v) is 28.5. The number of methoxy groups -OCH3 is 1. The number of aromatic nitrogens is 2. The predicted molar refractivity (Wildman–Crippen MR) is 187 cm³/mol. The molecule has 2 saturated heterocycles. The summed E-state index contributed by atoms with van der Waals surface area (Å²) < 4.78 is 11.6. The van der Waals surface area contributed by atoms with Crippen molar-refractivity contribution in [2.75, 3.05) is 69.9 Å². The molecule has 1 amide bonds. The number of likely N-dealkylation sites (N-methyl/N-ethyl adjacent to an activating group) is 1. The lowest BCUT2D eigenvalue weighted by Crippen LogP contribution is -2.57. The number of amides is 1. The van der Waals surface area contributed by atoms with Gasteiger partial charge >= 0.3 is 6.01 Å². The lowest BCUT2D eigenvalue weighted by atomic mass is 9.68. The number of rotatable bonds is 9. The van der Waals surface area contributed by atoms with Crippen molar-refractivity contribution >= 4 is 28.2 Å². The SMILES string of the molecule is COC/C=C/C(=O)N1CCN(c2nc(OC[C@@H]3CCCN3C)nc3c2CCN(c2cccc4cccc(C)c24)C32CCC2)C[C@@H]1CC#N. The monoisotopic (exact) mass is 649 g/mol. The number of ether oxygens (including phenoxy) is 2. The summed E-state index contributed by atoms with van der Waals surface area (Å²) in [6.07, 6.45) is 9.82. The molecule has 3 fully saturated rings. The Morgan fingerprint density at radius 2 is 1.92 bits per heavy atom. The summed E-state index contributed by atoms with van der Waals surface area (Å²) in [5, 5.41) is 12.3. The number of anilines is 2. The normalized spacial score (nSPS) is 22.2. The number of hydrogen-bond acceptors (Lipinski definition) is 9. The van der Waals surface area contributed by atoms with Crippen LogP contribution in [0, 0.1) is 18.3 Å². The molecule has 2 atom stereocenters. The lowest BCUT2D eigenvalue weighted by Gasteiger charge is -2.55. The molecule has 0 unspecified atom stereocenters. The van der Waals surface area contributed by atoms with Crippen LogP contribution in [0.3, 0.4) is 0 Å². The first-order valence-corrected chi connectivity index (χ1v) is 17.5. The highest BCUT2D eigenvalue weighted by atomic mass is 16.5. The fourth-order valence-electron chi connectivity index (χ4n) is 8.38. The van der Waals surface area contributed by atoms with Gasteiger partial charge in [-0.05, 0) is 76.1 Å². The van der Waals surface area contributed by atoms with Gasteiger partial charge in [-0.15, -0.1) is 0 Å². The highest BCUT2D eigenvalue weighted by Gasteiger charge is 2.51. The number of hydrogen-bond donors (Lipinski definition) is 0. The van der Waals surface area contributed by atoms with E-state index in [1.165, 1.54) is 34.0 Å². The van der Waals surface area contributed by atoms with Crippen molar-refractivity contribution in [2.45, 2.75) is 69.5 Å². The average molecular weight is 650 g/mol. The third-order valence-electron chi connectivity index (χ3n) is 11.1. The Balaban J connectivity index is 1.27. The largest absolute Gasteiger partial charge is 0.462 e. The number of benzene rings is 2. The van der Waals surface area contributed by atoms with E-state index in [0.717, 1.165) is 56.7 Å². The first-order chi connectivity index (χ1) is 23.4. The van der Waals surface area contributed by atoms with Crippen molar-refractivity contribution in [1.29, 1.82) is 5.26 Å². The zero-order valence-electron chi connectivity index (χ0n) is 28.5. The minimum absolute atomic E-state index is 0.0872. The van der Waals surface area contributed by atoms with Crippen molar-refractivity contribution in [3.63, 3.8) is 0 Å². The molecule has 0 N–H and O–H groups in total. The smallest absolute Gasteiger partial charge is 0.318 e. The quantitative estimate of drug-likeness (QED) is 0.297. The van der Waals surface area contributed by atoms with Crippen LogP contribution in [-0.4, -0.2) is 97.9 Å². The van der Waals surface area contributed by atoms with Crippen molar-refractivity contribution in [1.82, 2.24) is 19.8 Å². The van der Waals surface area contributed by atoms with E-state index in [1.54, 1.807) is 19.3 Å². The van der Waals surface area contributed by atoms with Crippen LogP contribution in [0.5, 0.6) is 6.01 Å². The Bertz CT molecular complexity index is 1730. The molecule has 3 aliphatic heterocycles. The van der Waals surface area contributed by atoms with Gasteiger partial charge < -0.3 is 29.1 Å². The van der Waals surface area contributed by atoms with Gasteiger partial charge in [-0.1, -0.05) is 36.4 Å². The molecule has 1 saturated carbocycles. The number of piperazine rings is 1. The van der Waals surface area contributed by atoms with Gasteiger partial charge in [0.2, 0.25) is 5.91 Å². The number of carbonyl (C=O) groups excluding carboxylic acids is 1. The highest BCUT2D eigenvalue weighted by molar-refractivity contribution is 5.97. The number of likely N-dealkylation sites (tertiary alicyclic amines) is 1. The molecular weight excluding hydrogens is 602 g/mol. The van der Waals surface area contributed by atoms with Crippen LogP contribution in [0.15, 0.2) is 48.6 Å². The topological polar surface area (TPSA) is 98.1 Å². The van der Waals surface area contributed by atoms with Gasteiger partial charge in [0.05, 0.1) is 36.4 Å². The van der Waals surface area contributed by atoms with Crippen LogP contribution in [-0.2, 0) is 21.5 Å². The highest BCUT2D eigenvalue weighted by Crippen LogP contribution is 2.53. The van der Waals surface area contributed by atoms with Gasteiger partial charge in [-0.3, -0.25) is 4.79 Å². The summed E-state index contributed by atoms with van der Waals surface area (Å²) in [6, 6.07) is 16.1. The number of fused-ring (bicyclic) bond motifs is 3. The number of aryl methyl sites for hydroxylation is 1. The van der Waals surface area contributed by atoms with Crippen molar-refractivity contribution in [3.8, 4) is 12.1 Å². The molecule has 0 radical (unpaired) electrons. The van der Waals surface area contributed by atoms with E-state index < -0.39 is 0 Å². The van der Waals surface area contributed by atoms with Gasteiger partial charge in [0.15, 0.2) is 0 Å². The first-order valence-electron chi connectivity index (χ1n) is 17.5. The number of nitrogens with zero attached hydrogens (tertiary/aromatic N) is 7. The fraction of sp³-hybridized carbons (Fsp3) is 0.526. The van der Waals surface area contributed by atoms with Crippen LogP contribution in [0.25, 0.3) is 10.8 Å². The molecule has 3 aromatic rings. The Kier molecular flexibility index (Phi) is 9.25. The average Bonchev–Trinajstić information content (AvgIpc) is 3.50. The maximum Gasteiger partial charge on any atom is 0.318 e. The zero-order chi connectivity index (χ0) is 33.3. The molecule has 4 heterocycles. The van der Waals surface area contributed by atoms with E-state index in [-0.39, 0.29) is 23.9 Å². The van der Waals surface area contributed by atoms with Crippen LogP contribution in [0.4, 0.5) is 11.5 Å². The second kappa shape index (κ2) is 13.7. The standard InChI is InChI=1S/C38H47N7O3/c1-27-9-4-10-28-11-5-13-32(34(27)28)45-21-16-31-35(38(45)17-8-18-38)40-37(48-26-30-12-6-20-42(30)2)41-36(31)43-22-23-44(29(25-43)15-19-39)33(46)14-7-24-47-3/h4-5,7,9-11,13-14,29-30H,6,8,12,15-18,20-26H2,1-3H3/b14-7+/t29-,30-/m0/s1. The van der Waals surface area contributed by atoms with E-state index in [2.05, 4.69) is 71.1 Å².